The molecule has 4 N–H and O–H groups in total. The second-order valence-corrected chi connectivity index (χ2v) is 10.5. The van der Waals surface area contributed by atoms with Crippen LogP contribution in [0.25, 0.3) is 10.9 Å². The number of rotatable bonds is 7. The van der Waals surface area contributed by atoms with Crippen molar-refractivity contribution in [3.8, 4) is 11.5 Å². The van der Waals surface area contributed by atoms with Crippen LogP contribution in [0, 0.1) is 17.2 Å². The maximum absolute atomic E-state index is 15.7. The van der Waals surface area contributed by atoms with Gasteiger partial charge in [0, 0.05) is 31.1 Å². The zero-order valence-corrected chi connectivity index (χ0v) is 20.7. The summed E-state index contributed by atoms with van der Waals surface area (Å²) in [5.41, 5.74) is 5.45. The Morgan fingerprint density at radius 3 is 2.53 bits per heavy atom. The van der Waals surface area contributed by atoms with Gasteiger partial charge < -0.3 is 25.9 Å². The summed E-state index contributed by atoms with van der Waals surface area (Å²) in [6, 6.07) is 10.2. The highest BCUT2D eigenvalue weighted by Crippen LogP contribution is 2.46. The largest absolute Gasteiger partial charge is 0.492 e. The molecule has 0 radical (unpaired) electrons. The van der Waals surface area contributed by atoms with Crippen LogP contribution < -0.4 is 37.2 Å². The molecule has 1 aliphatic carbocycles. The van der Waals surface area contributed by atoms with E-state index in [2.05, 4.69) is 13.8 Å². The Kier molecular flexibility index (Phi) is 5.94. The first-order valence-electron chi connectivity index (χ1n) is 12.1. The molecule has 1 saturated heterocycles. The summed E-state index contributed by atoms with van der Waals surface area (Å²) in [5.74, 6) is 6.03. The van der Waals surface area contributed by atoms with Crippen LogP contribution in [-0.4, -0.2) is 42.1 Å². The first-order chi connectivity index (χ1) is 17.1. The molecule has 9 nitrogen and oxygen atoms in total. The number of nitrogens with two attached hydrogens (primary N) is 2. The number of hydrogen-bond acceptors (Lipinski definition) is 7. The van der Waals surface area contributed by atoms with Gasteiger partial charge in [0.1, 0.15) is 23.6 Å². The van der Waals surface area contributed by atoms with Crippen molar-refractivity contribution in [1.82, 2.24) is 9.24 Å². The highest BCUT2D eigenvalue weighted by atomic mass is 19.1. The third-order valence-electron chi connectivity index (χ3n) is 7.44. The van der Waals surface area contributed by atoms with Crippen molar-refractivity contribution in [2.75, 3.05) is 37.5 Å². The van der Waals surface area contributed by atoms with E-state index in [9.17, 15) is 9.59 Å². The van der Waals surface area contributed by atoms with E-state index < -0.39 is 17.1 Å². The van der Waals surface area contributed by atoms with Gasteiger partial charge in [-0.2, -0.15) is 4.68 Å². The van der Waals surface area contributed by atoms with Crippen molar-refractivity contribution in [3.05, 3.63) is 63.1 Å². The van der Waals surface area contributed by atoms with Gasteiger partial charge in [0.25, 0.3) is 5.56 Å². The van der Waals surface area contributed by atoms with E-state index in [1.165, 1.54) is 11.7 Å². The number of fused-ring (bicyclic) bond motifs is 1. The highest BCUT2D eigenvalue weighted by Gasteiger charge is 2.44. The molecular weight excluding hydrogens is 465 g/mol. The van der Waals surface area contributed by atoms with E-state index in [1.807, 2.05) is 35.2 Å². The van der Waals surface area contributed by atoms with Gasteiger partial charge in [-0.05, 0) is 36.5 Å². The van der Waals surface area contributed by atoms with Crippen LogP contribution in [0.1, 0.15) is 32.7 Å². The van der Waals surface area contributed by atoms with E-state index in [-0.39, 0.29) is 45.8 Å². The molecule has 2 atom stereocenters. The molecule has 1 aromatic heterocycles. The summed E-state index contributed by atoms with van der Waals surface area (Å²) in [7, 11) is 1.42. The number of halogens is 1. The number of nitrogen functional groups attached to an aromatic ring is 1. The Bertz CT molecular complexity index is 1410. The smallest absolute Gasteiger partial charge is 0.350 e. The fraction of sp³-hybridized carbons (Fsp3) is 0.462. The number of benzene rings is 2. The van der Waals surface area contributed by atoms with Crippen LogP contribution in [0.5, 0.6) is 11.5 Å². The molecule has 3 aromatic rings. The molecule has 1 aliphatic heterocycles. The average Bonchev–Trinajstić information content (AvgIpc) is 3.64. The first-order valence-corrected chi connectivity index (χ1v) is 12.1. The van der Waals surface area contributed by atoms with Crippen LogP contribution in [0.15, 0.2) is 46.0 Å². The Hall–Kier alpha value is -3.53. The van der Waals surface area contributed by atoms with Crippen molar-refractivity contribution < 1.29 is 13.9 Å². The van der Waals surface area contributed by atoms with E-state index in [4.69, 9.17) is 21.1 Å². The number of hydrogen-bond donors (Lipinski definition) is 2. The van der Waals surface area contributed by atoms with Gasteiger partial charge in [0.05, 0.1) is 12.5 Å². The lowest BCUT2D eigenvalue weighted by Crippen LogP contribution is -2.44. The minimum Gasteiger partial charge on any atom is -0.492 e. The van der Waals surface area contributed by atoms with Crippen molar-refractivity contribution in [2.45, 2.75) is 38.8 Å². The number of anilines is 1. The quantitative estimate of drug-likeness (QED) is 0.481. The zero-order chi connectivity index (χ0) is 25.8. The molecule has 0 amide bonds. The number of aromatic nitrogens is 2. The predicted octanol–water partition coefficient (Wildman–Crippen LogP) is 2.23. The van der Waals surface area contributed by atoms with Gasteiger partial charge in [0.2, 0.25) is 0 Å². The summed E-state index contributed by atoms with van der Waals surface area (Å²) in [6.07, 6.45) is 1.55. The number of ether oxygens (including phenoxy) is 2. The highest BCUT2D eigenvalue weighted by molar-refractivity contribution is 5.91. The molecule has 2 heterocycles. The average molecular weight is 498 g/mol. The van der Waals surface area contributed by atoms with Crippen molar-refractivity contribution in [2.24, 2.45) is 17.1 Å². The third kappa shape index (κ3) is 3.99. The zero-order valence-electron chi connectivity index (χ0n) is 20.7. The fourth-order valence-electron chi connectivity index (χ4n) is 5.47. The molecule has 10 heteroatoms. The van der Waals surface area contributed by atoms with Crippen LogP contribution in [0.4, 0.5) is 10.1 Å². The molecule has 192 valence electrons. The van der Waals surface area contributed by atoms with E-state index >= 15 is 4.39 Å². The van der Waals surface area contributed by atoms with Gasteiger partial charge in [-0.15, -0.1) is 0 Å². The molecule has 0 bridgehead atoms. The van der Waals surface area contributed by atoms with Gasteiger partial charge in [0.15, 0.2) is 11.6 Å². The van der Waals surface area contributed by atoms with Crippen molar-refractivity contribution in [3.63, 3.8) is 0 Å². The summed E-state index contributed by atoms with van der Waals surface area (Å²) in [5, 5.41) is 0.0186. The first kappa shape index (κ1) is 24.2. The summed E-state index contributed by atoms with van der Waals surface area (Å²) >= 11 is 0. The maximum Gasteiger partial charge on any atom is 0.350 e. The lowest BCUT2D eigenvalue weighted by Gasteiger charge is -2.30. The second kappa shape index (κ2) is 8.85. The van der Waals surface area contributed by atoms with Gasteiger partial charge in [-0.25, -0.2) is 9.18 Å². The Balaban J connectivity index is 1.54. The van der Waals surface area contributed by atoms with E-state index in [0.29, 0.717) is 24.4 Å². The minimum absolute atomic E-state index is 0.0105. The second-order valence-electron chi connectivity index (χ2n) is 10.5. The third-order valence-corrected chi connectivity index (χ3v) is 7.44. The lowest BCUT2D eigenvalue weighted by molar-refractivity contribution is 0.185. The molecule has 1 saturated carbocycles. The lowest BCUT2D eigenvalue weighted by atomic mass is 9.78. The molecule has 0 spiro atoms. The summed E-state index contributed by atoms with van der Waals surface area (Å²) < 4.78 is 29.3. The molecule has 2 aliphatic rings. The Morgan fingerprint density at radius 1 is 1.19 bits per heavy atom. The van der Waals surface area contributed by atoms with E-state index in [0.717, 1.165) is 24.7 Å². The van der Waals surface area contributed by atoms with Crippen LogP contribution in [-0.2, 0) is 0 Å². The molecular formula is C26H32FN5O4. The normalized spacial score (nSPS) is 20.0. The fourth-order valence-corrected chi connectivity index (χ4v) is 5.47. The van der Waals surface area contributed by atoms with Crippen LogP contribution >= 0.6 is 0 Å². The molecule has 2 aromatic carbocycles. The van der Waals surface area contributed by atoms with Gasteiger partial charge >= 0.3 is 5.69 Å². The number of nitrogens with zero attached hydrogens (tertiary/aromatic N) is 3. The molecule has 2 fully saturated rings. The summed E-state index contributed by atoms with van der Waals surface area (Å²) in [6.45, 7) is 5.49. The summed E-state index contributed by atoms with van der Waals surface area (Å²) in [4.78, 5) is 27.6. The maximum atomic E-state index is 15.7. The van der Waals surface area contributed by atoms with Crippen molar-refractivity contribution >= 4 is 16.6 Å². The molecule has 0 unspecified atom stereocenters. The number of para-hydroxylation sites is 1. The standard InChI is InChI=1S/C26H32FN5O4/c1-26(2)14-30(12-18(26)20(28)13-36-16-7-5-4-6-8-16)22-19(27)11-17-21(23(22)35-3)31(15-9-10-15)25(34)32(29)24(17)33/h4-8,11,15,18,20H,9-10,12-14,28-29H2,1-3H3/t18-,20-/m1/s1. The van der Waals surface area contributed by atoms with Gasteiger partial charge in [-0.1, -0.05) is 32.0 Å². The molecule has 36 heavy (non-hydrogen) atoms. The predicted molar refractivity (Wildman–Crippen MR) is 137 cm³/mol. The van der Waals surface area contributed by atoms with E-state index in [1.54, 1.807) is 0 Å². The Labute approximate surface area is 208 Å². The SMILES string of the molecule is COc1c(N2C[C@H]([C@H](N)COc3ccccc3)C(C)(C)C2)c(F)cc2c(=O)n(N)c(=O)n(C3CC3)c12. The number of methoxy groups -OCH3 is 1. The monoisotopic (exact) mass is 497 g/mol. The Morgan fingerprint density at radius 2 is 1.89 bits per heavy atom. The molecule has 5 rings (SSSR count). The van der Waals surface area contributed by atoms with Crippen molar-refractivity contribution in [1.29, 1.82) is 0 Å². The topological polar surface area (TPSA) is 118 Å². The van der Waals surface area contributed by atoms with Crippen LogP contribution in [0.2, 0.25) is 0 Å². The minimum atomic E-state index is -0.754. The van der Waals surface area contributed by atoms with Crippen LogP contribution in [0.3, 0.4) is 0 Å². The van der Waals surface area contributed by atoms with Gasteiger partial charge in [-0.3, -0.25) is 9.36 Å².